The van der Waals surface area contributed by atoms with Gasteiger partial charge in [-0.25, -0.2) is 18.4 Å². The van der Waals surface area contributed by atoms with Crippen molar-refractivity contribution in [1.29, 1.82) is 0 Å². The Balaban J connectivity index is 1.46. The molecule has 6 aromatic rings. The molecule has 6 aromatic carbocycles. The minimum Gasteiger partial charge on any atom is -0.355 e. The third kappa shape index (κ3) is 9.85. The third-order valence-electron chi connectivity index (χ3n) is 8.40. The Morgan fingerprint density at radius 2 is 1.40 bits per heavy atom. The monoisotopic (exact) mass is 852 g/mol. The number of rotatable bonds is 15. The Labute approximate surface area is 331 Å². The van der Waals surface area contributed by atoms with E-state index >= 15 is 0 Å². The topological polar surface area (TPSA) is 255 Å². The maximum absolute atomic E-state index is 12.7. The highest BCUT2D eigenvalue weighted by Crippen LogP contribution is 2.42. The molecule has 6 rings (SSSR count). The van der Waals surface area contributed by atoms with Crippen molar-refractivity contribution in [2.75, 3.05) is 5.32 Å². The van der Waals surface area contributed by atoms with Gasteiger partial charge >= 0.3 is 0 Å². The molecule has 57 heavy (non-hydrogen) atoms. The smallest absolute Gasteiger partial charge is 0.295 e. The van der Waals surface area contributed by atoms with E-state index < -0.39 is 40.1 Å². The maximum atomic E-state index is 12.7. The van der Waals surface area contributed by atoms with Crippen molar-refractivity contribution in [2.45, 2.75) is 45.9 Å². The standard InChI is InChI=1S/C36H32N6O11S4/c1-3-22(2)42-55(44,45)26-14-12-25(13-15-26)38-41-33-21-29-23(19-34(33)54-53-52-43)18-27(56(46,47)48)20-32(29)40-39-30-16-17-31(37-24-8-5-4-6-9-24)36-28(30)10-7-11-35(36)57(49,50)51/h4-22,37,42-43H,3H2,1-2H3,(H,46,47,48)(H,49,50,51). The summed E-state index contributed by atoms with van der Waals surface area (Å²) in [5.41, 5.74) is 1.36. The summed E-state index contributed by atoms with van der Waals surface area (Å²) >= 11 is 0.491. The van der Waals surface area contributed by atoms with E-state index in [1.165, 1.54) is 54.6 Å². The molecule has 1 unspecified atom stereocenters. The van der Waals surface area contributed by atoms with Crippen LogP contribution < -0.4 is 10.0 Å². The predicted octanol–water partition coefficient (Wildman–Crippen LogP) is 9.57. The molecule has 0 saturated heterocycles. The first kappa shape index (κ1) is 41.4. The minimum atomic E-state index is -4.80. The van der Waals surface area contributed by atoms with E-state index in [0.717, 1.165) is 12.1 Å². The van der Waals surface area contributed by atoms with Gasteiger partial charge in [-0.3, -0.25) is 9.11 Å². The molecule has 0 fully saturated rings. The second-order valence-electron chi connectivity index (χ2n) is 12.3. The average Bonchev–Trinajstić information content (AvgIpc) is 3.18. The number of azo groups is 2. The van der Waals surface area contributed by atoms with Crippen molar-refractivity contribution in [3.63, 3.8) is 0 Å². The number of para-hydroxylation sites is 1. The van der Waals surface area contributed by atoms with E-state index in [1.54, 1.807) is 43.3 Å². The van der Waals surface area contributed by atoms with Crippen molar-refractivity contribution in [3.05, 3.63) is 109 Å². The van der Waals surface area contributed by atoms with Gasteiger partial charge in [-0.15, -0.1) is 19.7 Å². The number of anilines is 2. The zero-order valence-corrected chi connectivity index (χ0v) is 33.0. The quantitative estimate of drug-likeness (QED) is 0.0212. The summed E-state index contributed by atoms with van der Waals surface area (Å²) in [6, 6.07) is 26.6. The molecule has 296 valence electrons. The molecule has 5 N–H and O–H groups in total. The predicted molar refractivity (Wildman–Crippen MR) is 213 cm³/mol. The lowest BCUT2D eigenvalue weighted by Crippen LogP contribution is -2.31. The van der Waals surface area contributed by atoms with E-state index in [9.17, 15) is 34.4 Å². The molecular formula is C36H32N6O11S4. The molecule has 0 radical (unpaired) electrons. The molecule has 17 nitrogen and oxygen atoms in total. The second kappa shape index (κ2) is 17.1. The Hall–Kier alpha value is -5.20. The number of sulfonamides is 1. The van der Waals surface area contributed by atoms with Crippen LogP contribution in [0.3, 0.4) is 0 Å². The third-order valence-corrected chi connectivity index (χ3v) is 12.4. The van der Waals surface area contributed by atoms with Crippen molar-refractivity contribution in [2.24, 2.45) is 20.5 Å². The van der Waals surface area contributed by atoms with Gasteiger partial charge in [0.05, 0.1) is 43.8 Å². The van der Waals surface area contributed by atoms with E-state index in [4.69, 9.17) is 5.26 Å². The first-order chi connectivity index (χ1) is 27.1. The fourth-order valence-electron chi connectivity index (χ4n) is 5.53. The average molecular weight is 853 g/mol. The van der Waals surface area contributed by atoms with Gasteiger partial charge in [0.1, 0.15) is 10.6 Å². The lowest BCUT2D eigenvalue weighted by Gasteiger charge is -2.14. The Kier molecular flexibility index (Phi) is 12.4. The molecule has 0 aliphatic rings. The van der Waals surface area contributed by atoms with Gasteiger partial charge < -0.3 is 5.32 Å². The zero-order chi connectivity index (χ0) is 41.0. The molecule has 0 amide bonds. The number of nitrogens with zero attached hydrogens (tertiary/aromatic N) is 4. The van der Waals surface area contributed by atoms with Crippen LogP contribution >= 0.6 is 12.0 Å². The Morgan fingerprint density at radius 1 is 0.702 bits per heavy atom. The van der Waals surface area contributed by atoms with Gasteiger partial charge in [-0.1, -0.05) is 42.3 Å². The van der Waals surface area contributed by atoms with Crippen LogP contribution in [0.25, 0.3) is 21.5 Å². The summed E-state index contributed by atoms with van der Waals surface area (Å²) in [6.07, 6.45) is 0.595. The number of nitrogens with one attached hydrogen (secondary N) is 2. The highest BCUT2D eigenvalue weighted by molar-refractivity contribution is 7.94. The van der Waals surface area contributed by atoms with E-state index in [0.29, 0.717) is 29.8 Å². The minimum absolute atomic E-state index is 0.0194. The summed E-state index contributed by atoms with van der Waals surface area (Å²) < 4.78 is 103. The second-order valence-corrected chi connectivity index (χ2v) is 17.6. The molecule has 21 heteroatoms. The lowest BCUT2D eigenvalue weighted by molar-refractivity contribution is -0.432. The van der Waals surface area contributed by atoms with Crippen LogP contribution in [-0.2, 0) is 39.6 Å². The summed E-state index contributed by atoms with van der Waals surface area (Å²) in [4.78, 5) is -0.779. The number of hydrogen-bond donors (Lipinski definition) is 5. The molecular weight excluding hydrogens is 821 g/mol. The number of fused-ring (bicyclic) bond motifs is 2. The fraction of sp³-hybridized carbons (Fsp3) is 0.111. The van der Waals surface area contributed by atoms with E-state index in [1.807, 2.05) is 13.0 Å². The van der Waals surface area contributed by atoms with Crippen LogP contribution in [0.2, 0.25) is 0 Å². The molecule has 0 bridgehead atoms. The van der Waals surface area contributed by atoms with Crippen molar-refractivity contribution in [1.82, 2.24) is 4.72 Å². The summed E-state index contributed by atoms with van der Waals surface area (Å²) in [5.74, 6) is 0. The number of benzene rings is 6. The molecule has 0 aliphatic carbocycles. The van der Waals surface area contributed by atoms with Crippen LogP contribution in [0.5, 0.6) is 0 Å². The van der Waals surface area contributed by atoms with Gasteiger partial charge in [0.25, 0.3) is 20.2 Å². The summed E-state index contributed by atoms with van der Waals surface area (Å²) in [7, 11) is -13.3. The summed E-state index contributed by atoms with van der Waals surface area (Å²) in [5, 5.41) is 33.7. The van der Waals surface area contributed by atoms with Gasteiger partial charge in [0, 0.05) is 33.6 Å². The Bertz CT molecular complexity index is 2860. The van der Waals surface area contributed by atoms with Crippen LogP contribution in [0.4, 0.5) is 34.1 Å². The van der Waals surface area contributed by atoms with Crippen molar-refractivity contribution in [3.8, 4) is 0 Å². The van der Waals surface area contributed by atoms with Gasteiger partial charge in [0.15, 0.2) is 0 Å². The van der Waals surface area contributed by atoms with Crippen molar-refractivity contribution >= 4 is 98.0 Å². The van der Waals surface area contributed by atoms with Gasteiger partial charge in [-0.2, -0.15) is 21.9 Å². The summed E-state index contributed by atoms with van der Waals surface area (Å²) in [6.45, 7) is 3.59. The highest BCUT2D eigenvalue weighted by Gasteiger charge is 2.21. The lowest BCUT2D eigenvalue weighted by atomic mass is 10.1. The van der Waals surface area contributed by atoms with Gasteiger partial charge in [-0.05, 0) is 97.6 Å². The van der Waals surface area contributed by atoms with E-state index in [2.05, 4.69) is 39.9 Å². The van der Waals surface area contributed by atoms with Crippen LogP contribution in [-0.4, -0.2) is 45.7 Å². The molecule has 0 heterocycles. The maximum Gasteiger partial charge on any atom is 0.295 e. The molecule has 0 aromatic heterocycles. The first-order valence-electron chi connectivity index (χ1n) is 16.6. The number of hydrogen-bond acceptors (Lipinski definition) is 15. The van der Waals surface area contributed by atoms with Crippen LogP contribution in [0.1, 0.15) is 20.3 Å². The Morgan fingerprint density at radius 3 is 2.07 bits per heavy atom. The molecule has 1 atom stereocenters. The van der Waals surface area contributed by atoms with Crippen LogP contribution in [0.15, 0.2) is 149 Å². The van der Waals surface area contributed by atoms with Crippen LogP contribution in [0, 0.1) is 0 Å². The first-order valence-corrected chi connectivity index (χ1v) is 21.7. The normalized spacial score (nSPS) is 13.2. The van der Waals surface area contributed by atoms with Crippen molar-refractivity contribution < 1.29 is 49.0 Å². The largest absolute Gasteiger partial charge is 0.355 e. The molecule has 0 saturated carbocycles. The van der Waals surface area contributed by atoms with E-state index in [-0.39, 0.29) is 60.1 Å². The molecule has 0 spiro atoms. The highest BCUT2D eigenvalue weighted by atomic mass is 32.2. The molecule has 0 aliphatic heterocycles. The zero-order valence-electron chi connectivity index (χ0n) is 29.7. The van der Waals surface area contributed by atoms with Gasteiger partial charge in [0.2, 0.25) is 10.0 Å². The fourth-order valence-corrected chi connectivity index (χ4v) is 8.59. The SMILES string of the molecule is CCC(C)NS(=O)(=O)c1ccc(N=Nc2cc3c(N=Nc4ccc(Nc5ccccc5)c5c(S(=O)(=O)O)cccc45)cc(S(=O)(=O)O)cc3cc2SOOO)cc1.